The Morgan fingerprint density at radius 3 is 2.67 bits per heavy atom. The smallest absolute Gasteiger partial charge is 0.266 e. The van der Waals surface area contributed by atoms with E-state index in [1.54, 1.807) is 42.5 Å². The van der Waals surface area contributed by atoms with Crippen molar-refractivity contribution in [1.82, 2.24) is 9.55 Å². The van der Waals surface area contributed by atoms with Crippen molar-refractivity contribution in [3.63, 3.8) is 0 Å². The van der Waals surface area contributed by atoms with Gasteiger partial charge in [0, 0.05) is 5.02 Å². The van der Waals surface area contributed by atoms with E-state index in [1.165, 1.54) is 16.3 Å². The lowest BCUT2D eigenvalue weighted by Gasteiger charge is -2.16. The highest BCUT2D eigenvalue weighted by Crippen LogP contribution is 2.28. The van der Waals surface area contributed by atoms with Gasteiger partial charge in [-0.25, -0.2) is 4.98 Å². The quantitative estimate of drug-likeness (QED) is 0.281. The molecule has 0 bridgehead atoms. The summed E-state index contributed by atoms with van der Waals surface area (Å²) >= 11 is 7.51. The average Bonchev–Trinajstić information content (AvgIpc) is 2.81. The standard InChI is InChI=1S/C25H22ClN3O3S/c1-3-32-22-14-7-6-12-20(22)27-23(30)15-33-25-28-19-11-5-4-9-17(19)24(31)29(25)21-13-8-10-18(26)16(21)2/h4-14H,3,15H2,1-2H3,(H,27,30). The number of ether oxygens (including phenoxy) is 1. The highest BCUT2D eigenvalue weighted by atomic mass is 35.5. The second kappa shape index (κ2) is 10.1. The van der Waals surface area contributed by atoms with Crippen LogP contribution < -0.4 is 15.6 Å². The average molecular weight is 480 g/mol. The van der Waals surface area contributed by atoms with Crippen molar-refractivity contribution in [3.05, 3.63) is 87.7 Å². The van der Waals surface area contributed by atoms with Crippen molar-refractivity contribution in [2.75, 3.05) is 17.7 Å². The van der Waals surface area contributed by atoms with Crippen LogP contribution in [0.5, 0.6) is 5.75 Å². The fourth-order valence-electron chi connectivity index (χ4n) is 3.43. The number of hydrogen-bond donors (Lipinski definition) is 1. The first-order chi connectivity index (χ1) is 16.0. The molecule has 1 aromatic heterocycles. The summed E-state index contributed by atoms with van der Waals surface area (Å²) in [7, 11) is 0. The monoisotopic (exact) mass is 479 g/mol. The molecule has 0 atom stereocenters. The summed E-state index contributed by atoms with van der Waals surface area (Å²) in [6, 6.07) is 19.8. The fraction of sp³-hybridized carbons (Fsp3) is 0.160. The number of carbonyl (C=O) groups excluding carboxylic acids is 1. The molecule has 0 aliphatic rings. The first kappa shape index (κ1) is 22.9. The Balaban J connectivity index is 1.68. The third-order valence-electron chi connectivity index (χ3n) is 5.02. The molecule has 0 saturated carbocycles. The van der Waals surface area contributed by atoms with Crippen molar-refractivity contribution < 1.29 is 9.53 Å². The van der Waals surface area contributed by atoms with E-state index >= 15 is 0 Å². The Labute approximate surface area is 200 Å². The molecular weight excluding hydrogens is 458 g/mol. The third kappa shape index (κ3) is 4.89. The highest BCUT2D eigenvalue weighted by molar-refractivity contribution is 7.99. The molecule has 0 fully saturated rings. The van der Waals surface area contributed by atoms with E-state index in [0.717, 1.165) is 5.56 Å². The van der Waals surface area contributed by atoms with Gasteiger partial charge >= 0.3 is 0 Å². The summed E-state index contributed by atoms with van der Waals surface area (Å²) in [6.07, 6.45) is 0. The van der Waals surface area contributed by atoms with Gasteiger partial charge in [-0.2, -0.15) is 0 Å². The van der Waals surface area contributed by atoms with Crippen LogP contribution >= 0.6 is 23.4 Å². The normalized spacial score (nSPS) is 10.9. The predicted molar refractivity (Wildman–Crippen MR) is 134 cm³/mol. The number of para-hydroxylation sites is 3. The van der Waals surface area contributed by atoms with Gasteiger partial charge in [0.2, 0.25) is 5.91 Å². The zero-order valence-corrected chi connectivity index (χ0v) is 19.7. The molecule has 1 N–H and O–H groups in total. The third-order valence-corrected chi connectivity index (χ3v) is 6.37. The molecule has 0 aliphatic carbocycles. The number of nitrogens with one attached hydrogen (secondary N) is 1. The molecule has 33 heavy (non-hydrogen) atoms. The van der Waals surface area contributed by atoms with Crippen LogP contribution in [0.15, 0.2) is 76.7 Å². The largest absolute Gasteiger partial charge is 0.492 e. The van der Waals surface area contributed by atoms with E-state index < -0.39 is 0 Å². The van der Waals surface area contributed by atoms with Gasteiger partial charge in [-0.15, -0.1) is 0 Å². The van der Waals surface area contributed by atoms with Gasteiger partial charge in [0.15, 0.2) is 5.16 Å². The number of nitrogens with zero attached hydrogens (tertiary/aromatic N) is 2. The predicted octanol–water partition coefficient (Wildman–Crippen LogP) is 5.48. The van der Waals surface area contributed by atoms with E-state index in [4.69, 9.17) is 16.3 Å². The topological polar surface area (TPSA) is 73.2 Å². The molecule has 1 amide bonds. The van der Waals surface area contributed by atoms with Gasteiger partial charge < -0.3 is 10.1 Å². The summed E-state index contributed by atoms with van der Waals surface area (Å²) in [5, 5.41) is 4.34. The Bertz CT molecular complexity index is 1390. The van der Waals surface area contributed by atoms with Gasteiger partial charge in [0.1, 0.15) is 5.75 Å². The van der Waals surface area contributed by atoms with Crippen molar-refractivity contribution in [2.45, 2.75) is 19.0 Å². The van der Waals surface area contributed by atoms with Gasteiger partial charge in [-0.3, -0.25) is 14.2 Å². The minimum Gasteiger partial charge on any atom is -0.492 e. The molecule has 0 saturated heterocycles. The number of rotatable bonds is 7. The minimum absolute atomic E-state index is 0.0604. The SMILES string of the molecule is CCOc1ccccc1NC(=O)CSc1nc2ccccc2c(=O)n1-c1cccc(Cl)c1C. The second-order valence-electron chi connectivity index (χ2n) is 7.20. The van der Waals surface area contributed by atoms with Crippen LogP contribution in [-0.2, 0) is 4.79 Å². The second-order valence-corrected chi connectivity index (χ2v) is 8.55. The molecular formula is C25H22ClN3O3S. The van der Waals surface area contributed by atoms with Crippen LogP contribution in [-0.4, -0.2) is 27.8 Å². The van der Waals surface area contributed by atoms with Crippen LogP contribution in [0.1, 0.15) is 12.5 Å². The van der Waals surface area contributed by atoms with E-state index in [2.05, 4.69) is 10.3 Å². The molecule has 0 aliphatic heterocycles. The summed E-state index contributed by atoms with van der Waals surface area (Å²) in [5.74, 6) is 0.433. The number of fused-ring (bicyclic) bond motifs is 1. The Morgan fingerprint density at radius 1 is 1.09 bits per heavy atom. The van der Waals surface area contributed by atoms with Crippen molar-refractivity contribution in [1.29, 1.82) is 0 Å². The van der Waals surface area contributed by atoms with E-state index in [1.807, 2.05) is 38.1 Å². The number of anilines is 1. The molecule has 168 valence electrons. The summed E-state index contributed by atoms with van der Waals surface area (Å²) in [6.45, 7) is 4.23. The molecule has 4 rings (SSSR count). The van der Waals surface area contributed by atoms with E-state index in [-0.39, 0.29) is 17.2 Å². The van der Waals surface area contributed by atoms with Gasteiger partial charge in [0.25, 0.3) is 5.56 Å². The molecule has 3 aromatic carbocycles. The lowest BCUT2D eigenvalue weighted by atomic mass is 10.2. The van der Waals surface area contributed by atoms with Gasteiger partial charge in [-0.05, 0) is 55.8 Å². The van der Waals surface area contributed by atoms with Crippen molar-refractivity contribution in [2.24, 2.45) is 0 Å². The number of thioether (sulfide) groups is 1. The lowest BCUT2D eigenvalue weighted by molar-refractivity contribution is -0.113. The molecule has 0 spiro atoms. The zero-order valence-electron chi connectivity index (χ0n) is 18.2. The molecule has 0 unspecified atom stereocenters. The lowest BCUT2D eigenvalue weighted by Crippen LogP contribution is -2.23. The van der Waals surface area contributed by atoms with Crippen molar-refractivity contribution >= 4 is 45.9 Å². The van der Waals surface area contributed by atoms with Crippen LogP contribution in [0.3, 0.4) is 0 Å². The maximum atomic E-state index is 13.4. The summed E-state index contributed by atoms with van der Waals surface area (Å²) < 4.78 is 7.10. The number of halogens is 1. The maximum Gasteiger partial charge on any atom is 0.266 e. The van der Waals surface area contributed by atoms with Crippen LogP contribution in [0.4, 0.5) is 5.69 Å². The fourth-order valence-corrected chi connectivity index (χ4v) is 4.40. The van der Waals surface area contributed by atoms with Gasteiger partial charge in [-0.1, -0.05) is 53.7 Å². The van der Waals surface area contributed by atoms with E-state index in [0.29, 0.717) is 44.8 Å². The Morgan fingerprint density at radius 2 is 1.85 bits per heavy atom. The highest BCUT2D eigenvalue weighted by Gasteiger charge is 2.17. The minimum atomic E-state index is -0.232. The van der Waals surface area contributed by atoms with Crippen LogP contribution in [0, 0.1) is 6.92 Å². The number of hydrogen-bond acceptors (Lipinski definition) is 5. The van der Waals surface area contributed by atoms with E-state index in [9.17, 15) is 9.59 Å². The number of benzene rings is 3. The molecule has 8 heteroatoms. The maximum absolute atomic E-state index is 13.4. The first-order valence-electron chi connectivity index (χ1n) is 10.4. The van der Waals surface area contributed by atoms with Crippen molar-refractivity contribution in [3.8, 4) is 11.4 Å². The molecule has 0 radical (unpaired) electrons. The Hall–Kier alpha value is -3.29. The van der Waals surface area contributed by atoms with Gasteiger partial charge in [0.05, 0.1) is 34.6 Å². The summed E-state index contributed by atoms with van der Waals surface area (Å²) in [4.78, 5) is 30.8. The summed E-state index contributed by atoms with van der Waals surface area (Å²) in [5.41, 5.74) is 2.35. The molecule has 6 nitrogen and oxygen atoms in total. The molecule has 4 aromatic rings. The van der Waals surface area contributed by atoms with Crippen LogP contribution in [0.2, 0.25) is 5.02 Å². The Kier molecular flexibility index (Phi) is 7.01. The first-order valence-corrected chi connectivity index (χ1v) is 11.8. The zero-order chi connectivity index (χ0) is 23.4. The van der Waals surface area contributed by atoms with Crippen LogP contribution in [0.25, 0.3) is 16.6 Å². The number of carbonyl (C=O) groups is 1. The molecule has 1 heterocycles. The number of aromatic nitrogens is 2. The number of amides is 1.